The molecule has 5 heteroatoms. The van der Waals surface area contributed by atoms with Crippen LogP contribution in [0.2, 0.25) is 0 Å². The molecule has 0 bridgehead atoms. The minimum atomic E-state index is -4.28. The molecule has 0 saturated carbocycles. The van der Waals surface area contributed by atoms with Crippen LogP contribution in [0.4, 0.5) is 0 Å². The second kappa shape index (κ2) is 4.20. The fraction of sp³-hybridized carbons (Fsp3) is 0. The molecule has 2 N–H and O–H groups in total. The van der Waals surface area contributed by atoms with Gasteiger partial charge in [0.1, 0.15) is 5.75 Å². The summed E-state index contributed by atoms with van der Waals surface area (Å²) in [6, 6.07) is 12.8. The normalized spacial score (nSPS) is 11.4. The van der Waals surface area contributed by atoms with Crippen molar-refractivity contribution in [2.24, 2.45) is 0 Å². The van der Waals surface area contributed by atoms with Crippen molar-refractivity contribution < 1.29 is 18.1 Å². The van der Waals surface area contributed by atoms with E-state index in [2.05, 4.69) is 0 Å². The molecule has 0 unspecified atom stereocenters. The first-order valence-electron chi connectivity index (χ1n) is 4.84. The smallest absolute Gasteiger partial charge is 0.294 e. The van der Waals surface area contributed by atoms with E-state index in [1.165, 1.54) is 12.1 Å². The van der Waals surface area contributed by atoms with E-state index >= 15 is 0 Å². The van der Waals surface area contributed by atoms with Gasteiger partial charge in [-0.2, -0.15) is 8.42 Å². The zero-order valence-corrected chi connectivity index (χ0v) is 9.55. The second-order valence-corrected chi connectivity index (χ2v) is 4.94. The lowest BCUT2D eigenvalue weighted by molar-refractivity contribution is 0.467. The van der Waals surface area contributed by atoms with Crippen molar-refractivity contribution in [2.75, 3.05) is 0 Å². The molecular formula is C12H10O4S. The molecule has 4 nitrogen and oxygen atoms in total. The molecule has 0 heterocycles. The van der Waals surface area contributed by atoms with Gasteiger partial charge in [0.25, 0.3) is 10.1 Å². The highest BCUT2D eigenvalue weighted by molar-refractivity contribution is 7.85. The van der Waals surface area contributed by atoms with Crippen molar-refractivity contribution in [1.29, 1.82) is 0 Å². The third-order valence-corrected chi connectivity index (χ3v) is 3.20. The van der Waals surface area contributed by atoms with E-state index in [9.17, 15) is 13.5 Å². The van der Waals surface area contributed by atoms with Gasteiger partial charge in [-0.05, 0) is 17.7 Å². The molecule has 2 rings (SSSR count). The van der Waals surface area contributed by atoms with Gasteiger partial charge in [-0.25, -0.2) is 0 Å². The highest BCUT2D eigenvalue weighted by atomic mass is 32.2. The van der Waals surface area contributed by atoms with Crippen LogP contribution in [0.25, 0.3) is 11.1 Å². The number of phenolic OH excluding ortho intramolecular Hbond substituents is 1. The van der Waals surface area contributed by atoms with Crippen LogP contribution >= 0.6 is 0 Å². The Balaban J connectivity index is 2.54. The zero-order valence-electron chi connectivity index (χ0n) is 8.74. The third-order valence-electron chi connectivity index (χ3n) is 2.35. The SMILES string of the molecule is O=S(=O)(O)c1ccc(-c2ccccc2)c(O)c1. The Bertz CT molecular complexity index is 633. The van der Waals surface area contributed by atoms with E-state index in [-0.39, 0.29) is 10.6 Å². The molecule has 17 heavy (non-hydrogen) atoms. The van der Waals surface area contributed by atoms with Crippen molar-refractivity contribution in [1.82, 2.24) is 0 Å². The van der Waals surface area contributed by atoms with Crippen LogP contribution in [-0.2, 0) is 10.1 Å². The van der Waals surface area contributed by atoms with Gasteiger partial charge < -0.3 is 5.11 Å². The summed E-state index contributed by atoms with van der Waals surface area (Å²) in [6.07, 6.45) is 0. The summed E-state index contributed by atoms with van der Waals surface area (Å²) in [6.45, 7) is 0. The Labute approximate surface area is 98.9 Å². The third kappa shape index (κ3) is 2.46. The number of rotatable bonds is 2. The number of benzene rings is 2. The zero-order chi connectivity index (χ0) is 12.5. The minimum absolute atomic E-state index is 0.189. The number of aromatic hydroxyl groups is 1. The Hall–Kier alpha value is -1.85. The molecule has 0 radical (unpaired) electrons. The lowest BCUT2D eigenvalue weighted by Crippen LogP contribution is -1.97. The summed E-state index contributed by atoms with van der Waals surface area (Å²) in [5, 5.41) is 9.73. The van der Waals surface area contributed by atoms with Crippen LogP contribution in [0.5, 0.6) is 5.75 Å². The quantitative estimate of drug-likeness (QED) is 0.802. The lowest BCUT2D eigenvalue weighted by atomic mass is 10.1. The lowest BCUT2D eigenvalue weighted by Gasteiger charge is -2.05. The molecule has 0 aliphatic rings. The summed E-state index contributed by atoms with van der Waals surface area (Å²) in [4.78, 5) is -0.324. The molecule has 0 fully saturated rings. The van der Waals surface area contributed by atoms with Crippen LogP contribution in [0.1, 0.15) is 0 Å². The van der Waals surface area contributed by atoms with E-state index in [1.807, 2.05) is 18.2 Å². The first-order chi connectivity index (χ1) is 7.98. The van der Waals surface area contributed by atoms with E-state index in [4.69, 9.17) is 4.55 Å². The standard InChI is InChI=1S/C12H10O4S/c13-12-8-10(17(14,15)16)6-7-11(12)9-4-2-1-3-5-9/h1-8,13H,(H,14,15,16). The van der Waals surface area contributed by atoms with Crippen molar-refractivity contribution in [3.8, 4) is 16.9 Å². The first kappa shape index (κ1) is 11.6. The molecule has 0 atom stereocenters. The average molecular weight is 250 g/mol. The second-order valence-electron chi connectivity index (χ2n) is 3.52. The Morgan fingerprint density at radius 2 is 1.59 bits per heavy atom. The van der Waals surface area contributed by atoms with Gasteiger partial charge in [0.2, 0.25) is 0 Å². The van der Waals surface area contributed by atoms with Gasteiger partial charge in [-0.1, -0.05) is 30.3 Å². The van der Waals surface area contributed by atoms with Gasteiger partial charge in [0, 0.05) is 11.6 Å². The maximum Gasteiger partial charge on any atom is 0.294 e. The summed E-state index contributed by atoms with van der Waals surface area (Å²) in [5.41, 5.74) is 1.28. The topological polar surface area (TPSA) is 74.6 Å². The van der Waals surface area contributed by atoms with Gasteiger partial charge >= 0.3 is 0 Å². The van der Waals surface area contributed by atoms with E-state index in [0.717, 1.165) is 11.6 Å². The monoisotopic (exact) mass is 250 g/mol. The molecule has 0 aliphatic carbocycles. The Morgan fingerprint density at radius 3 is 2.12 bits per heavy atom. The average Bonchev–Trinajstić information content (AvgIpc) is 2.29. The highest BCUT2D eigenvalue weighted by Gasteiger charge is 2.12. The predicted molar refractivity (Wildman–Crippen MR) is 63.4 cm³/mol. The summed E-state index contributed by atoms with van der Waals surface area (Å²) < 4.78 is 30.6. The molecular weight excluding hydrogens is 240 g/mol. The molecule has 2 aromatic rings. The Morgan fingerprint density at radius 1 is 0.941 bits per heavy atom. The molecule has 0 saturated heterocycles. The van der Waals surface area contributed by atoms with Crippen molar-refractivity contribution in [3.63, 3.8) is 0 Å². The molecule has 2 aromatic carbocycles. The van der Waals surface area contributed by atoms with Gasteiger partial charge in [0.05, 0.1) is 4.90 Å². The van der Waals surface area contributed by atoms with Crippen LogP contribution in [0.15, 0.2) is 53.4 Å². The van der Waals surface area contributed by atoms with Gasteiger partial charge in [-0.3, -0.25) is 4.55 Å². The van der Waals surface area contributed by atoms with E-state index in [0.29, 0.717) is 5.56 Å². The molecule has 0 aliphatic heterocycles. The molecule has 88 valence electrons. The van der Waals surface area contributed by atoms with Crippen molar-refractivity contribution in [2.45, 2.75) is 4.90 Å². The number of phenols is 1. The fourth-order valence-electron chi connectivity index (χ4n) is 1.53. The van der Waals surface area contributed by atoms with Crippen molar-refractivity contribution >= 4 is 10.1 Å². The predicted octanol–water partition coefficient (Wildman–Crippen LogP) is 2.31. The highest BCUT2D eigenvalue weighted by Crippen LogP contribution is 2.30. The Kier molecular flexibility index (Phi) is 2.87. The number of hydrogen-bond acceptors (Lipinski definition) is 3. The van der Waals surface area contributed by atoms with E-state index in [1.54, 1.807) is 12.1 Å². The molecule has 0 amide bonds. The van der Waals surface area contributed by atoms with Gasteiger partial charge in [-0.15, -0.1) is 0 Å². The van der Waals surface area contributed by atoms with Crippen LogP contribution in [0.3, 0.4) is 0 Å². The van der Waals surface area contributed by atoms with Crippen molar-refractivity contribution in [3.05, 3.63) is 48.5 Å². The maximum atomic E-state index is 10.9. The van der Waals surface area contributed by atoms with Crippen LogP contribution in [-0.4, -0.2) is 18.1 Å². The minimum Gasteiger partial charge on any atom is -0.507 e. The molecule has 0 aromatic heterocycles. The first-order valence-corrected chi connectivity index (χ1v) is 6.28. The van der Waals surface area contributed by atoms with E-state index < -0.39 is 10.1 Å². The summed E-state index contributed by atoms with van der Waals surface area (Å²) in [7, 11) is -4.28. The van der Waals surface area contributed by atoms with Crippen LogP contribution in [0, 0.1) is 0 Å². The van der Waals surface area contributed by atoms with Crippen LogP contribution < -0.4 is 0 Å². The maximum absolute atomic E-state index is 10.9. The summed E-state index contributed by atoms with van der Waals surface area (Å²) >= 11 is 0. The van der Waals surface area contributed by atoms with Gasteiger partial charge in [0.15, 0.2) is 0 Å². The molecule has 0 spiro atoms. The fourth-order valence-corrected chi connectivity index (χ4v) is 2.03. The summed E-state index contributed by atoms with van der Waals surface area (Å²) in [5.74, 6) is -0.189. The largest absolute Gasteiger partial charge is 0.507 e. The number of hydrogen-bond donors (Lipinski definition) is 2.